The zero-order valence-electron chi connectivity index (χ0n) is 12.9. The molecule has 2 atom stereocenters. The van der Waals surface area contributed by atoms with Gasteiger partial charge in [0.05, 0.1) is 6.61 Å². The molecule has 0 radical (unpaired) electrons. The van der Waals surface area contributed by atoms with Gasteiger partial charge in [0.2, 0.25) is 0 Å². The third-order valence-corrected chi connectivity index (χ3v) is 3.25. The Morgan fingerprint density at radius 1 is 1.27 bits per heavy atom. The second-order valence-corrected chi connectivity index (χ2v) is 4.94. The Morgan fingerprint density at radius 2 is 2.00 bits per heavy atom. The fourth-order valence-electron chi connectivity index (χ4n) is 2.27. The van der Waals surface area contributed by atoms with Gasteiger partial charge < -0.3 is 14.8 Å². The number of hydrogen-bond acceptors (Lipinski definition) is 4. The summed E-state index contributed by atoms with van der Waals surface area (Å²) in [5, 5.41) is 2.92. The predicted octanol–water partition coefficient (Wildman–Crippen LogP) is 1.97. The van der Waals surface area contributed by atoms with Crippen LogP contribution in [0.1, 0.15) is 24.2 Å². The van der Waals surface area contributed by atoms with Gasteiger partial charge in [-0.2, -0.15) is 0 Å². The molecule has 0 saturated heterocycles. The van der Waals surface area contributed by atoms with Crippen molar-refractivity contribution in [2.75, 3.05) is 13.2 Å². The highest BCUT2D eigenvalue weighted by Gasteiger charge is 2.29. The van der Waals surface area contributed by atoms with Crippen LogP contribution in [-0.4, -0.2) is 30.9 Å². The summed E-state index contributed by atoms with van der Waals surface area (Å²) in [6.07, 6.45) is 5.23. The molecule has 0 aromatic heterocycles. The zero-order valence-corrected chi connectivity index (χ0v) is 12.9. The van der Waals surface area contributed by atoms with Crippen LogP contribution in [0.2, 0.25) is 0 Å². The van der Waals surface area contributed by atoms with Crippen molar-refractivity contribution in [3.8, 4) is 0 Å². The summed E-state index contributed by atoms with van der Waals surface area (Å²) >= 11 is 0. The SMILES string of the molecule is CCOC1=CC(N)(OCC)C=CC1NC(=O)c1ccccc1. The summed E-state index contributed by atoms with van der Waals surface area (Å²) in [6.45, 7) is 4.73. The van der Waals surface area contributed by atoms with Crippen molar-refractivity contribution in [1.29, 1.82) is 0 Å². The van der Waals surface area contributed by atoms with Crippen LogP contribution in [-0.2, 0) is 9.47 Å². The number of amides is 1. The van der Waals surface area contributed by atoms with Crippen LogP contribution in [0.5, 0.6) is 0 Å². The van der Waals surface area contributed by atoms with Gasteiger partial charge >= 0.3 is 0 Å². The average molecular weight is 302 g/mol. The minimum Gasteiger partial charge on any atom is -0.496 e. The molecule has 3 N–H and O–H groups in total. The lowest BCUT2D eigenvalue weighted by Gasteiger charge is -2.30. The molecule has 0 fully saturated rings. The van der Waals surface area contributed by atoms with Crippen LogP contribution < -0.4 is 11.1 Å². The summed E-state index contributed by atoms with van der Waals surface area (Å²) in [6, 6.07) is 8.69. The summed E-state index contributed by atoms with van der Waals surface area (Å²) in [7, 11) is 0. The van der Waals surface area contributed by atoms with E-state index in [9.17, 15) is 4.79 Å². The van der Waals surface area contributed by atoms with E-state index in [-0.39, 0.29) is 11.9 Å². The Bertz CT molecular complexity index is 569. The lowest BCUT2D eigenvalue weighted by molar-refractivity contribution is 0.0339. The van der Waals surface area contributed by atoms with E-state index in [0.717, 1.165) is 0 Å². The molecular weight excluding hydrogens is 280 g/mol. The van der Waals surface area contributed by atoms with Gasteiger partial charge in [-0.3, -0.25) is 10.5 Å². The first-order valence-corrected chi connectivity index (χ1v) is 7.41. The monoisotopic (exact) mass is 302 g/mol. The number of benzene rings is 1. The van der Waals surface area contributed by atoms with Gasteiger partial charge in [0.1, 0.15) is 11.8 Å². The van der Waals surface area contributed by atoms with E-state index in [1.54, 1.807) is 30.4 Å². The van der Waals surface area contributed by atoms with Crippen LogP contribution in [0.15, 0.2) is 54.3 Å². The highest BCUT2D eigenvalue weighted by molar-refractivity contribution is 5.94. The van der Waals surface area contributed by atoms with Gasteiger partial charge in [0, 0.05) is 18.2 Å². The van der Waals surface area contributed by atoms with Gasteiger partial charge in [-0.25, -0.2) is 0 Å². The smallest absolute Gasteiger partial charge is 0.252 e. The zero-order chi connectivity index (χ0) is 16.0. The largest absolute Gasteiger partial charge is 0.496 e. The summed E-state index contributed by atoms with van der Waals surface area (Å²) in [5.41, 5.74) is 5.72. The van der Waals surface area contributed by atoms with Gasteiger partial charge in [-0.05, 0) is 32.1 Å². The number of nitrogens with one attached hydrogen (secondary N) is 1. The lowest BCUT2D eigenvalue weighted by Crippen LogP contribution is -2.45. The topological polar surface area (TPSA) is 73.6 Å². The van der Waals surface area contributed by atoms with Crippen molar-refractivity contribution in [1.82, 2.24) is 5.32 Å². The summed E-state index contributed by atoms with van der Waals surface area (Å²) < 4.78 is 11.1. The van der Waals surface area contributed by atoms with Crippen molar-refractivity contribution < 1.29 is 14.3 Å². The third-order valence-electron chi connectivity index (χ3n) is 3.25. The van der Waals surface area contributed by atoms with Gasteiger partial charge in [0.15, 0.2) is 5.72 Å². The minimum absolute atomic E-state index is 0.165. The van der Waals surface area contributed by atoms with E-state index in [2.05, 4.69) is 5.32 Å². The van der Waals surface area contributed by atoms with Crippen LogP contribution in [0, 0.1) is 0 Å². The maximum absolute atomic E-state index is 12.3. The maximum atomic E-state index is 12.3. The molecule has 0 saturated carbocycles. The van der Waals surface area contributed by atoms with Crippen molar-refractivity contribution in [2.24, 2.45) is 5.73 Å². The van der Waals surface area contributed by atoms with Crippen LogP contribution >= 0.6 is 0 Å². The second kappa shape index (κ2) is 7.24. The first-order chi connectivity index (χ1) is 10.6. The molecule has 1 amide bonds. The van der Waals surface area contributed by atoms with Crippen molar-refractivity contribution in [3.63, 3.8) is 0 Å². The van der Waals surface area contributed by atoms with Crippen LogP contribution in [0.3, 0.4) is 0 Å². The highest BCUT2D eigenvalue weighted by atomic mass is 16.5. The lowest BCUT2D eigenvalue weighted by atomic mass is 10.0. The van der Waals surface area contributed by atoms with E-state index in [1.807, 2.05) is 32.0 Å². The molecule has 5 nitrogen and oxygen atoms in total. The summed E-state index contributed by atoms with van der Waals surface area (Å²) in [5.74, 6) is 0.423. The van der Waals surface area contributed by atoms with Crippen molar-refractivity contribution >= 4 is 5.91 Å². The molecule has 1 aliphatic carbocycles. The average Bonchev–Trinajstić information content (AvgIpc) is 2.51. The molecule has 1 aliphatic rings. The first kappa shape index (κ1) is 16.3. The fourth-order valence-corrected chi connectivity index (χ4v) is 2.27. The molecule has 0 aliphatic heterocycles. The van der Waals surface area contributed by atoms with Crippen molar-refractivity contribution in [3.05, 3.63) is 59.9 Å². The highest BCUT2D eigenvalue weighted by Crippen LogP contribution is 2.21. The standard InChI is InChI=1S/C17H22N2O3/c1-3-21-15-12-17(18,22-4-2)11-10-14(15)19-16(20)13-8-6-5-7-9-13/h5-12,14H,3-4,18H2,1-2H3,(H,19,20). The normalized spacial score (nSPS) is 23.8. The van der Waals surface area contributed by atoms with Gasteiger partial charge in [0.25, 0.3) is 5.91 Å². The Labute approximate surface area is 130 Å². The Hall–Kier alpha value is -2.11. The van der Waals surface area contributed by atoms with E-state index in [4.69, 9.17) is 15.2 Å². The predicted molar refractivity (Wildman–Crippen MR) is 85.1 cm³/mol. The Morgan fingerprint density at radius 3 is 2.64 bits per heavy atom. The number of nitrogens with two attached hydrogens (primary N) is 1. The number of rotatable bonds is 6. The summed E-state index contributed by atoms with van der Waals surface area (Å²) in [4.78, 5) is 12.3. The molecule has 2 unspecified atom stereocenters. The fraction of sp³-hybridized carbons (Fsp3) is 0.353. The molecule has 22 heavy (non-hydrogen) atoms. The van der Waals surface area contributed by atoms with Crippen LogP contribution in [0.4, 0.5) is 0 Å². The third kappa shape index (κ3) is 3.96. The first-order valence-electron chi connectivity index (χ1n) is 7.41. The van der Waals surface area contributed by atoms with Gasteiger partial charge in [-0.1, -0.05) is 24.3 Å². The number of carbonyl (C=O) groups excluding carboxylic acids is 1. The number of carbonyl (C=O) groups is 1. The van der Waals surface area contributed by atoms with E-state index in [0.29, 0.717) is 24.5 Å². The van der Waals surface area contributed by atoms with E-state index >= 15 is 0 Å². The quantitative estimate of drug-likeness (QED) is 0.622. The van der Waals surface area contributed by atoms with E-state index < -0.39 is 5.72 Å². The molecule has 0 heterocycles. The van der Waals surface area contributed by atoms with Gasteiger partial charge in [-0.15, -0.1) is 0 Å². The van der Waals surface area contributed by atoms with Crippen molar-refractivity contribution in [2.45, 2.75) is 25.6 Å². The molecule has 2 rings (SSSR count). The second-order valence-electron chi connectivity index (χ2n) is 4.94. The Kier molecular flexibility index (Phi) is 5.35. The molecule has 1 aromatic rings. The molecule has 1 aromatic carbocycles. The maximum Gasteiger partial charge on any atom is 0.252 e. The molecular formula is C17H22N2O3. The number of ether oxygens (including phenoxy) is 2. The van der Waals surface area contributed by atoms with E-state index in [1.165, 1.54) is 0 Å². The molecule has 118 valence electrons. The molecule has 5 heteroatoms. The minimum atomic E-state index is -0.993. The Balaban J connectivity index is 2.13. The molecule has 0 spiro atoms. The number of hydrogen-bond donors (Lipinski definition) is 2. The van der Waals surface area contributed by atoms with Crippen LogP contribution in [0.25, 0.3) is 0 Å². The molecule has 0 bridgehead atoms.